The standard InChI is InChI=1S/C20H25N3OS/c1-12(17-10-14-7-8-15(17)9-14)21-19(24)11-25-20-16-5-3-4-6-18(16)22-13(2)23-20/h3-6,12,14-15,17H,7-11H2,1-2H3,(H,21,24)/t12-,14-,15-,17+/m0/s1. The van der Waals surface area contributed by atoms with Gasteiger partial charge in [0.1, 0.15) is 10.9 Å². The minimum atomic E-state index is 0.112. The molecule has 25 heavy (non-hydrogen) atoms. The highest BCUT2D eigenvalue weighted by atomic mass is 32.2. The molecule has 4 nitrogen and oxygen atoms in total. The van der Waals surface area contributed by atoms with Gasteiger partial charge in [-0.3, -0.25) is 4.79 Å². The van der Waals surface area contributed by atoms with E-state index in [4.69, 9.17) is 0 Å². The molecule has 0 aliphatic heterocycles. The fourth-order valence-electron chi connectivity index (χ4n) is 4.71. The second kappa shape index (κ2) is 6.94. The van der Waals surface area contributed by atoms with Gasteiger partial charge in [-0.05, 0) is 56.9 Å². The Balaban J connectivity index is 1.37. The fraction of sp³-hybridized carbons (Fsp3) is 0.550. The molecule has 2 aromatic rings. The minimum Gasteiger partial charge on any atom is -0.353 e. The number of aryl methyl sites for hydroxylation is 1. The van der Waals surface area contributed by atoms with E-state index in [1.54, 1.807) is 0 Å². The van der Waals surface area contributed by atoms with Crippen molar-refractivity contribution in [2.45, 2.75) is 50.6 Å². The van der Waals surface area contributed by atoms with Crippen molar-refractivity contribution in [3.8, 4) is 0 Å². The summed E-state index contributed by atoms with van der Waals surface area (Å²) >= 11 is 1.51. The highest BCUT2D eigenvalue weighted by molar-refractivity contribution is 8.00. The van der Waals surface area contributed by atoms with Gasteiger partial charge in [0.05, 0.1) is 11.3 Å². The average molecular weight is 356 g/mol. The number of nitrogens with zero attached hydrogens (tertiary/aromatic N) is 2. The number of aromatic nitrogens is 2. The van der Waals surface area contributed by atoms with Crippen LogP contribution in [0.1, 0.15) is 38.4 Å². The van der Waals surface area contributed by atoms with Gasteiger partial charge in [0.15, 0.2) is 0 Å². The van der Waals surface area contributed by atoms with Gasteiger partial charge in [-0.1, -0.05) is 36.4 Å². The number of hydrogen-bond acceptors (Lipinski definition) is 4. The van der Waals surface area contributed by atoms with Crippen LogP contribution in [0.3, 0.4) is 0 Å². The van der Waals surface area contributed by atoms with Crippen molar-refractivity contribution < 1.29 is 4.79 Å². The van der Waals surface area contributed by atoms with Crippen LogP contribution in [-0.2, 0) is 4.79 Å². The Kier molecular flexibility index (Phi) is 4.67. The molecule has 4 atom stereocenters. The highest BCUT2D eigenvalue weighted by Gasteiger charge is 2.42. The fourth-order valence-corrected chi connectivity index (χ4v) is 5.59. The Morgan fingerprint density at radius 2 is 2.12 bits per heavy atom. The van der Waals surface area contributed by atoms with Gasteiger partial charge in [-0.25, -0.2) is 9.97 Å². The van der Waals surface area contributed by atoms with Gasteiger partial charge in [-0.15, -0.1) is 0 Å². The molecule has 0 saturated heterocycles. The monoisotopic (exact) mass is 355 g/mol. The molecule has 1 aromatic heterocycles. The summed E-state index contributed by atoms with van der Waals surface area (Å²) in [5.41, 5.74) is 0.938. The van der Waals surface area contributed by atoms with Crippen LogP contribution in [-0.4, -0.2) is 27.7 Å². The summed E-state index contributed by atoms with van der Waals surface area (Å²) in [5.74, 6) is 3.69. The topological polar surface area (TPSA) is 54.9 Å². The zero-order valence-electron chi connectivity index (χ0n) is 14.9. The molecule has 132 valence electrons. The molecule has 0 unspecified atom stereocenters. The van der Waals surface area contributed by atoms with Crippen LogP contribution in [0.4, 0.5) is 0 Å². The zero-order valence-corrected chi connectivity index (χ0v) is 15.7. The van der Waals surface area contributed by atoms with Gasteiger partial charge in [0.2, 0.25) is 5.91 Å². The third kappa shape index (κ3) is 3.52. The molecule has 2 fully saturated rings. The molecule has 2 saturated carbocycles. The number of carbonyl (C=O) groups is 1. The van der Waals surface area contributed by atoms with Crippen LogP contribution in [0.25, 0.3) is 10.9 Å². The van der Waals surface area contributed by atoms with Crippen molar-refractivity contribution in [3.63, 3.8) is 0 Å². The van der Waals surface area contributed by atoms with Gasteiger partial charge < -0.3 is 5.32 Å². The van der Waals surface area contributed by atoms with Gasteiger partial charge in [-0.2, -0.15) is 0 Å². The predicted octanol–water partition coefficient (Wildman–Crippen LogP) is 3.97. The summed E-state index contributed by atoms with van der Waals surface area (Å²) in [6, 6.07) is 8.26. The molecule has 2 aliphatic carbocycles. The van der Waals surface area contributed by atoms with Crippen LogP contribution in [0.2, 0.25) is 0 Å². The first-order valence-corrected chi connectivity index (χ1v) is 10.2. The zero-order chi connectivity index (χ0) is 17.4. The molecule has 0 spiro atoms. The number of benzene rings is 1. The first kappa shape index (κ1) is 16.8. The van der Waals surface area contributed by atoms with E-state index in [1.165, 1.54) is 37.4 Å². The van der Waals surface area contributed by atoms with Crippen molar-refractivity contribution in [2.75, 3.05) is 5.75 Å². The summed E-state index contributed by atoms with van der Waals surface area (Å²) in [6.45, 7) is 4.08. The molecule has 1 aromatic carbocycles. The van der Waals surface area contributed by atoms with Crippen LogP contribution in [0, 0.1) is 24.7 Å². The largest absolute Gasteiger partial charge is 0.353 e. The molecule has 5 heteroatoms. The second-order valence-corrected chi connectivity index (χ2v) is 8.54. The third-order valence-electron chi connectivity index (χ3n) is 5.84. The van der Waals surface area contributed by atoms with Crippen molar-refractivity contribution in [3.05, 3.63) is 30.1 Å². The molecule has 0 radical (unpaired) electrons. The maximum atomic E-state index is 12.4. The molecular formula is C20H25N3OS. The number of thioether (sulfide) groups is 1. The molecule has 2 aliphatic rings. The van der Waals surface area contributed by atoms with Gasteiger partial charge in [0, 0.05) is 11.4 Å². The lowest BCUT2D eigenvalue weighted by molar-refractivity contribution is -0.119. The Morgan fingerprint density at radius 1 is 1.28 bits per heavy atom. The van der Waals surface area contributed by atoms with Crippen molar-refractivity contribution in [1.82, 2.24) is 15.3 Å². The Bertz CT molecular complexity index is 794. The Hall–Kier alpha value is -1.62. The SMILES string of the molecule is Cc1nc(SCC(=O)N[C@@H](C)[C@H]2C[C@H]3CC[C@H]2C3)c2ccccc2n1. The Labute approximate surface area is 153 Å². The summed E-state index contributed by atoms with van der Waals surface area (Å²) < 4.78 is 0. The maximum Gasteiger partial charge on any atom is 0.230 e. The highest BCUT2D eigenvalue weighted by Crippen LogP contribution is 2.49. The maximum absolute atomic E-state index is 12.4. The molecular weight excluding hydrogens is 330 g/mol. The number of nitrogens with one attached hydrogen (secondary N) is 1. The van der Waals surface area contributed by atoms with Gasteiger partial charge >= 0.3 is 0 Å². The average Bonchev–Trinajstić information content (AvgIpc) is 3.22. The smallest absolute Gasteiger partial charge is 0.230 e. The molecule has 1 N–H and O–H groups in total. The van der Waals surface area contributed by atoms with E-state index in [1.807, 2.05) is 31.2 Å². The second-order valence-electron chi connectivity index (χ2n) is 7.58. The lowest BCUT2D eigenvalue weighted by Gasteiger charge is -2.28. The number of carbonyl (C=O) groups excluding carboxylic acids is 1. The molecule has 4 rings (SSSR count). The van der Waals surface area contributed by atoms with Crippen LogP contribution in [0.5, 0.6) is 0 Å². The van der Waals surface area contributed by atoms with E-state index >= 15 is 0 Å². The number of hydrogen-bond donors (Lipinski definition) is 1. The van der Waals surface area contributed by atoms with Crippen LogP contribution < -0.4 is 5.32 Å². The van der Waals surface area contributed by atoms with E-state index < -0.39 is 0 Å². The number of amides is 1. The van der Waals surface area contributed by atoms with E-state index in [0.29, 0.717) is 11.7 Å². The lowest BCUT2D eigenvalue weighted by atomic mass is 9.84. The van der Waals surface area contributed by atoms with E-state index in [0.717, 1.165) is 33.6 Å². The lowest BCUT2D eigenvalue weighted by Crippen LogP contribution is -2.40. The van der Waals surface area contributed by atoms with Crippen molar-refractivity contribution in [2.24, 2.45) is 17.8 Å². The number of para-hydroxylation sites is 1. The van der Waals surface area contributed by atoms with Crippen molar-refractivity contribution in [1.29, 1.82) is 0 Å². The summed E-state index contributed by atoms with van der Waals surface area (Å²) in [6.07, 6.45) is 5.44. The Morgan fingerprint density at radius 3 is 2.88 bits per heavy atom. The van der Waals surface area contributed by atoms with E-state index in [9.17, 15) is 4.79 Å². The first-order chi connectivity index (χ1) is 12.1. The third-order valence-corrected chi connectivity index (χ3v) is 6.83. The van der Waals surface area contributed by atoms with Crippen molar-refractivity contribution >= 4 is 28.6 Å². The number of rotatable bonds is 5. The van der Waals surface area contributed by atoms with E-state index in [2.05, 4.69) is 22.2 Å². The number of fused-ring (bicyclic) bond motifs is 3. The summed E-state index contributed by atoms with van der Waals surface area (Å²) in [5, 5.41) is 5.15. The summed E-state index contributed by atoms with van der Waals surface area (Å²) in [4.78, 5) is 21.4. The quantitative estimate of drug-likeness (QED) is 0.651. The molecule has 2 bridgehead atoms. The van der Waals surface area contributed by atoms with E-state index in [-0.39, 0.29) is 11.9 Å². The minimum absolute atomic E-state index is 0.112. The molecule has 1 heterocycles. The molecule has 1 amide bonds. The van der Waals surface area contributed by atoms with Crippen LogP contribution >= 0.6 is 11.8 Å². The van der Waals surface area contributed by atoms with Crippen LogP contribution in [0.15, 0.2) is 29.3 Å². The normalized spacial score (nSPS) is 26.1. The van der Waals surface area contributed by atoms with Gasteiger partial charge in [0.25, 0.3) is 0 Å². The first-order valence-electron chi connectivity index (χ1n) is 9.25. The summed E-state index contributed by atoms with van der Waals surface area (Å²) in [7, 11) is 0. The predicted molar refractivity (Wildman–Crippen MR) is 102 cm³/mol.